The van der Waals surface area contributed by atoms with Crippen LogP contribution in [-0.4, -0.2) is 26.8 Å². The summed E-state index contributed by atoms with van der Waals surface area (Å²) in [5.74, 6) is -2.68. The van der Waals surface area contributed by atoms with Gasteiger partial charge in [0.2, 0.25) is 15.8 Å². The molecule has 0 bridgehead atoms. The van der Waals surface area contributed by atoms with Crippen molar-refractivity contribution in [2.75, 3.05) is 6.61 Å². The predicted molar refractivity (Wildman–Crippen MR) is 81.7 cm³/mol. The molecule has 10 heteroatoms. The second kappa shape index (κ2) is 6.75. The number of hydrogen-bond donors (Lipinski definition) is 1. The molecule has 2 rings (SSSR count). The molecule has 0 fully saturated rings. The van der Waals surface area contributed by atoms with Gasteiger partial charge in [0.25, 0.3) is 0 Å². The number of rotatable bonds is 5. The zero-order valence-electron chi connectivity index (χ0n) is 11.3. The topological polar surface area (TPSA) is 104 Å². The number of nitrogens with two attached hydrogens (primary N) is 1. The second-order valence-corrected chi connectivity index (χ2v) is 7.57. The molecule has 0 saturated heterocycles. The third kappa shape index (κ3) is 4.35. The molecule has 0 aliphatic heterocycles. The molecule has 1 aromatic carbocycles. The van der Waals surface area contributed by atoms with Gasteiger partial charge in [0, 0.05) is 0 Å². The van der Waals surface area contributed by atoms with E-state index in [1.54, 1.807) is 0 Å². The normalized spacial score (nSPS) is 11.3. The lowest BCUT2D eigenvalue weighted by Crippen LogP contribution is -2.17. The maximum atomic E-state index is 13.6. The molecule has 0 aliphatic carbocycles. The first kappa shape index (κ1) is 17.5. The molecule has 2 N–H and O–H groups in total. The average Bonchev–Trinajstić information content (AvgIpc) is 2.90. The van der Waals surface area contributed by atoms with E-state index in [9.17, 15) is 22.4 Å². The summed E-state index contributed by atoms with van der Waals surface area (Å²) >= 11 is 6.69. The molecule has 0 aliphatic rings. The van der Waals surface area contributed by atoms with Crippen molar-refractivity contribution in [2.24, 2.45) is 5.14 Å². The van der Waals surface area contributed by atoms with Crippen LogP contribution in [0.25, 0.3) is 0 Å². The average molecular weight is 378 g/mol. The molecular formula is C13H9ClFNO5S2. The minimum absolute atomic E-state index is 0.279. The monoisotopic (exact) mass is 377 g/mol. The van der Waals surface area contributed by atoms with Crippen LogP contribution in [0.1, 0.15) is 20.0 Å². The molecule has 0 spiro atoms. The van der Waals surface area contributed by atoms with Crippen molar-refractivity contribution >= 4 is 44.7 Å². The van der Waals surface area contributed by atoms with Gasteiger partial charge in [-0.25, -0.2) is 22.7 Å². The van der Waals surface area contributed by atoms with Crippen LogP contribution in [0.15, 0.2) is 35.2 Å². The Bertz CT molecular complexity index is 878. The highest BCUT2D eigenvalue weighted by molar-refractivity contribution is 7.89. The molecule has 122 valence electrons. The largest absolute Gasteiger partial charge is 0.454 e. The third-order valence-electron chi connectivity index (χ3n) is 2.67. The molecule has 0 amide bonds. The van der Waals surface area contributed by atoms with Gasteiger partial charge < -0.3 is 4.74 Å². The van der Waals surface area contributed by atoms with Gasteiger partial charge in [-0.2, -0.15) is 0 Å². The van der Waals surface area contributed by atoms with E-state index in [4.69, 9.17) is 21.5 Å². The van der Waals surface area contributed by atoms with Gasteiger partial charge >= 0.3 is 5.97 Å². The standard InChI is InChI=1S/C13H9ClFNO5S2/c14-12-4-3-11(22-12)10(17)6-21-13(18)8-5-7(23(16,19)20)1-2-9(8)15/h1-5H,6H2,(H2,16,19,20). The van der Waals surface area contributed by atoms with E-state index >= 15 is 0 Å². The Balaban J connectivity index is 2.13. The number of sulfonamides is 1. The quantitative estimate of drug-likeness (QED) is 0.635. The van der Waals surface area contributed by atoms with Gasteiger partial charge in [-0.1, -0.05) is 11.6 Å². The molecule has 0 radical (unpaired) electrons. The van der Waals surface area contributed by atoms with Gasteiger partial charge in [0.1, 0.15) is 5.82 Å². The van der Waals surface area contributed by atoms with Crippen molar-refractivity contribution < 1.29 is 27.1 Å². The smallest absolute Gasteiger partial charge is 0.341 e. The van der Waals surface area contributed by atoms with Crippen molar-refractivity contribution in [1.29, 1.82) is 0 Å². The van der Waals surface area contributed by atoms with Crippen LogP contribution < -0.4 is 5.14 Å². The minimum atomic E-state index is -4.10. The van der Waals surface area contributed by atoms with Crippen molar-refractivity contribution in [3.63, 3.8) is 0 Å². The number of carbonyl (C=O) groups is 2. The summed E-state index contributed by atoms with van der Waals surface area (Å²) < 4.78 is 41.1. The molecular weight excluding hydrogens is 369 g/mol. The summed E-state index contributed by atoms with van der Waals surface area (Å²) in [6.07, 6.45) is 0. The van der Waals surface area contributed by atoms with Crippen molar-refractivity contribution in [2.45, 2.75) is 4.90 Å². The zero-order valence-corrected chi connectivity index (χ0v) is 13.7. The van der Waals surface area contributed by atoms with Crippen LogP contribution in [-0.2, 0) is 14.8 Å². The van der Waals surface area contributed by atoms with Crippen LogP contribution in [0.3, 0.4) is 0 Å². The van der Waals surface area contributed by atoms with Crippen molar-refractivity contribution in [3.05, 3.63) is 50.9 Å². The molecule has 0 unspecified atom stereocenters. The fourth-order valence-electron chi connectivity index (χ4n) is 1.58. The number of esters is 1. The van der Waals surface area contributed by atoms with Crippen LogP contribution in [0.5, 0.6) is 0 Å². The Morgan fingerprint density at radius 2 is 1.96 bits per heavy atom. The summed E-state index contributed by atoms with van der Waals surface area (Å²) in [5, 5.41) is 4.91. The molecule has 0 saturated carbocycles. The maximum absolute atomic E-state index is 13.6. The first-order valence-electron chi connectivity index (χ1n) is 5.96. The lowest BCUT2D eigenvalue weighted by Gasteiger charge is -2.06. The van der Waals surface area contributed by atoms with Gasteiger partial charge in [0.15, 0.2) is 6.61 Å². The summed E-state index contributed by atoms with van der Waals surface area (Å²) in [4.78, 5) is 23.4. The van der Waals surface area contributed by atoms with E-state index < -0.39 is 44.7 Å². The Morgan fingerprint density at radius 1 is 1.26 bits per heavy atom. The lowest BCUT2D eigenvalue weighted by molar-refractivity contribution is 0.0471. The first-order valence-corrected chi connectivity index (χ1v) is 8.70. The van der Waals surface area contributed by atoms with E-state index in [1.165, 1.54) is 12.1 Å². The number of benzene rings is 1. The van der Waals surface area contributed by atoms with Gasteiger partial charge in [-0.15, -0.1) is 11.3 Å². The first-order chi connectivity index (χ1) is 10.7. The molecule has 6 nitrogen and oxygen atoms in total. The highest BCUT2D eigenvalue weighted by atomic mass is 35.5. The van der Waals surface area contributed by atoms with Gasteiger partial charge in [0.05, 0.1) is 19.7 Å². The van der Waals surface area contributed by atoms with Gasteiger partial charge in [-0.05, 0) is 30.3 Å². The van der Waals surface area contributed by atoms with Crippen LogP contribution in [0.4, 0.5) is 4.39 Å². The Kier molecular flexibility index (Phi) is 5.15. The molecule has 1 aromatic heterocycles. The molecule has 0 atom stereocenters. The highest BCUT2D eigenvalue weighted by Crippen LogP contribution is 2.22. The number of carbonyl (C=O) groups excluding carboxylic acids is 2. The van der Waals surface area contributed by atoms with E-state index in [1.807, 2.05) is 0 Å². The lowest BCUT2D eigenvalue weighted by atomic mass is 10.2. The highest BCUT2D eigenvalue weighted by Gasteiger charge is 2.19. The van der Waals surface area contributed by atoms with Crippen LogP contribution in [0.2, 0.25) is 4.34 Å². The van der Waals surface area contributed by atoms with Crippen LogP contribution >= 0.6 is 22.9 Å². The Labute approximate surface area is 139 Å². The number of primary sulfonamides is 1. The van der Waals surface area contributed by atoms with E-state index in [2.05, 4.69) is 0 Å². The summed E-state index contributed by atoms with van der Waals surface area (Å²) in [5.41, 5.74) is -0.631. The summed E-state index contributed by atoms with van der Waals surface area (Å²) in [6, 6.07) is 5.42. The number of Topliss-reactive ketones (excluding diaryl/α,β-unsaturated/α-hetero) is 1. The van der Waals surface area contributed by atoms with E-state index in [0.717, 1.165) is 29.5 Å². The second-order valence-electron chi connectivity index (χ2n) is 4.29. The third-order valence-corrected chi connectivity index (χ3v) is 4.85. The molecule has 23 heavy (non-hydrogen) atoms. The molecule has 2 aromatic rings. The fourth-order valence-corrected chi connectivity index (χ4v) is 3.09. The maximum Gasteiger partial charge on any atom is 0.341 e. The molecule has 1 heterocycles. The fraction of sp³-hybridized carbons (Fsp3) is 0.0769. The number of thiophene rings is 1. The number of halogens is 2. The summed E-state index contributed by atoms with van der Waals surface area (Å²) in [7, 11) is -4.10. The zero-order chi connectivity index (χ0) is 17.2. The number of hydrogen-bond acceptors (Lipinski definition) is 6. The minimum Gasteiger partial charge on any atom is -0.454 e. The SMILES string of the molecule is NS(=O)(=O)c1ccc(F)c(C(=O)OCC(=O)c2ccc(Cl)s2)c1. The Morgan fingerprint density at radius 3 is 2.52 bits per heavy atom. The predicted octanol–water partition coefficient (Wildman–Crippen LogP) is 2.23. The van der Waals surface area contributed by atoms with E-state index in [0.29, 0.717) is 4.34 Å². The van der Waals surface area contributed by atoms with Crippen LogP contribution in [0, 0.1) is 5.82 Å². The summed E-state index contributed by atoms with van der Waals surface area (Å²) in [6.45, 7) is -0.630. The number of ether oxygens (including phenoxy) is 1. The van der Waals surface area contributed by atoms with Crippen molar-refractivity contribution in [1.82, 2.24) is 0 Å². The van der Waals surface area contributed by atoms with E-state index in [-0.39, 0.29) is 4.88 Å². The van der Waals surface area contributed by atoms with Crippen molar-refractivity contribution in [3.8, 4) is 0 Å². The van der Waals surface area contributed by atoms with Gasteiger partial charge in [-0.3, -0.25) is 4.79 Å². The Hall–Kier alpha value is -1.81. The number of ketones is 1.